The quantitative estimate of drug-likeness (QED) is 0.673. The van der Waals surface area contributed by atoms with Crippen LogP contribution in [0, 0.1) is 11.8 Å². The number of carboxylic acid groups (broad SMARTS) is 1. The van der Waals surface area contributed by atoms with Crippen molar-refractivity contribution in [3.63, 3.8) is 0 Å². The largest absolute Gasteiger partial charge is 0.481 e. The van der Waals surface area contributed by atoms with Gasteiger partial charge in [-0.25, -0.2) is 0 Å². The molecule has 0 aromatic heterocycles. The van der Waals surface area contributed by atoms with Crippen LogP contribution in [0.5, 0.6) is 0 Å². The SMILES string of the molecule is CC(C/C=N/C1(C)C=CC=CC1C(=O)O)CCCC(C)(C)O. The van der Waals surface area contributed by atoms with Gasteiger partial charge in [0.05, 0.1) is 11.1 Å². The highest BCUT2D eigenvalue weighted by Crippen LogP contribution is 2.28. The van der Waals surface area contributed by atoms with Crippen LogP contribution in [0.3, 0.4) is 0 Å². The highest BCUT2D eigenvalue weighted by atomic mass is 16.4. The van der Waals surface area contributed by atoms with Gasteiger partial charge in [0.25, 0.3) is 0 Å². The molecule has 1 rings (SSSR count). The Balaban J connectivity index is 2.48. The van der Waals surface area contributed by atoms with Gasteiger partial charge in [-0.05, 0) is 39.5 Å². The summed E-state index contributed by atoms with van der Waals surface area (Å²) >= 11 is 0. The summed E-state index contributed by atoms with van der Waals surface area (Å²) in [7, 11) is 0. The Labute approximate surface area is 133 Å². The first-order valence-corrected chi connectivity index (χ1v) is 7.99. The van der Waals surface area contributed by atoms with Crippen molar-refractivity contribution in [2.24, 2.45) is 16.8 Å². The lowest BCUT2D eigenvalue weighted by molar-refractivity contribution is -0.141. The van der Waals surface area contributed by atoms with Crippen LogP contribution in [0.25, 0.3) is 0 Å². The van der Waals surface area contributed by atoms with Gasteiger partial charge < -0.3 is 10.2 Å². The van der Waals surface area contributed by atoms with Crippen molar-refractivity contribution in [1.82, 2.24) is 0 Å². The molecule has 0 radical (unpaired) electrons. The van der Waals surface area contributed by atoms with Gasteiger partial charge in [0.15, 0.2) is 0 Å². The van der Waals surface area contributed by atoms with E-state index in [-0.39, 0.29) is 0 Å². The fraction of sp³-hybridized carbons (Fsp3) is 0.667. The first-order chi connectivity index (χ1) is 10.1. The molecule has 1 aliphatic rings. The van der Waals surface area contributed by atoms with Crippen LogP contribution in [0.2, 0.25) is 0 Å². The average molecular weight is 307 g/mol. The van der Waals surface area contributed by atoms with Gasteiger partial charge in [0.2, 0.25) is 0 Å². The minimum atomic E-state index is -0.849. The fourth-order valence-electron chi connectivity index (χ4n) is 2.61. The normalized spacial score (nSPS) is 26.5. The third kappa shape index (κ3) is 6.14. The predicted molar refractivity (Wildman–Crippen MR) is 90.2 cm³/mol. The zero-order valence-corrected chi connectivity index (χ0v) is 14.1. The van der Waals surface area contributed by atoms with Crippen molar-refractivity contribution in [2.75, 3.05) is 0 Å². The van der Waals surface area contributed by atoms with E-state index in [4.69, 9.17) is 0 Å². The molecule has 4 nitrogen and oxygen atoms in total. The van der Waals surface area contributed by atoms with E-state index < -0.39 is 23.0 Å². The number of hydrogen-bond acceptors (Lipinski definition) is 3. The van der Waals surface area contributed by atoms with E-state index in [0.29, 0.717) is 5.92 Å². The average Bonchev–Trinajstić information content (AvgIpc) is 2.37. The number of aliphatic imine (C=N–C) groups is 1. The van der Waals surface area contributed by atoms with Crippen molar-refractivity contribution in [2.45, 2.75) is 64.5 Å². The Hall–Kier alpha value is -1.42. The van der Waals surface area contributed by atoms with E-state index in [0.717, 1.165) is 25.7 Å². The second kappa shape index (κ2) is 7.73. The Morgan fingerprint density at radius 1 is 1.45 bits per heavy atom. The maximum atomic E-state index is 11.3. The lowest BCUT2D eigenvalue weighted by atomic mass is 9.82. The Morgan fingerprint density at radius 2 is 2.14 bits per heavy atom. The molecule has 1 aliphatic carbocycles. The summed E-state index contributed by atoms with van der Waals surface area (Å²) in [5.41, 5.74) is -1.30. The van der Waals surface area contributed by atoms with Crippen LogP contribution < -0.4 is 0 Å². The summed E-state index contributed by atoms with van der Waals surface area (Å²) in [5, 5.41) is 19.0. The number of carbonyl (C=O) groups is 1. The van der Waals surface area contributed by atoms with Gasteiger partial charge >= 0.3 is 5.97 Å². The molecule has 2 N–H and O–H groups in total. The molecule has 4 heteroatoms. The Morgan fingerprint density at radius 3 is 2.73 bits per heavy atom. The third-order valence-corrected chi connectivity index (χ3v) is 4.11. The first kappa shape index (κ1) is 18.6. The number of carboxylic acids is 1. The van der Waals surface area contributed by atoms with E-state index in [1.807, 2.05) is 39.1 Å². The van der Waals surface area contributed by atoms with Crippen LogP contribution in [0.1, 0.15) is 53.4 Å². The molecule has 0 bridgehead atoms. The number of allylic oxidation sites excluding steroid dienone is 2. The maximum Gasteiger partial charge on any atom is 0.313 e. The summed E-state index contributed by atoms with van der Waals surface area (Å²) in [4.78, 5) is 15.8. The number of aliphatic carboxylic acids is 1. The Bertz CT molecular complexity index is 459. The van der Waals surface area contributed by atoms with E-state index in [2.05, 4.69) is 11.9 Å². The Kier molecular flexibility index (Phi) is 6.54. The molecule has 0 heterocycles. The van der Waals surface area contributed by atoms with Gasteiger partial charge in [0.1, 0.15) is 5.92 Å². The van der Waals surface area contributed by atoms with Crippen molar-refractivity contribution in [1.29, 1.82) is 0 Å². The molecule has 0 aromatic carbocycles. The molecular formula is C18H29NO3. The monoisotopic (exact) mass is 307 g/mol. The van der Waals surface area contributed by atoms with Gasteiger partial charge in [-0.1, -0.05) is 44.1 Å². The van der Waals surface area contributed by atoms with Crippen LogP contribution in [0.4, 0.5) is 0 Å². The number of hydrogen-bond donors (Lipinski definition) is 2. The standard InChI is InChI=1S/C18H29NO3/c1-14(8-7-11-17(2,3)22)10-13-19-18(4)12-6-5-9-15(18)16(20)21/h5-6,9,12-15,22H,7-8,10-11H2,1-4H3,(H,20,21)/b19-13+. The maximum absolute atomic E-state index is 11.3. The van der Waals surface area contributed by atoms with Gasteiger partial charge in [-0.2, -0.15) is 0 Å². The topological polar surface area (TPSA) is 69.9 Å². The molecule has 22 heavy (non-hydrogen) atoms. The van der Waals surface area contributed by atoms with Gasteiger partial charge in [-0.15, -0.1) is 0 Å². The van der Waals surface area contributed by atoms with Gasteiger partial charge in [-0.3, -0.25) is 9.79 Å². The smallest absolute Gasteiger partial charge is 0.313 e. The van der Waals surface area contributed by atoms with E-state index in [1.54, 1.807) is 12.2 Å². The first-order valence-electron chi connectivity index (χ1n) is 7.99. The number of aliphatic hydroxyl groups is 1. The molecule has 0 saturated carbocycles. The molecule has 0 amide bonds. The summed E-state index contributed by atoms with van der Waals surface area (Å²) in [6, 6.07) is 0. The molecule has 3 atom stereocenters. The van der Waals surface area contributed by atoms with Gasteiger partial charge in [0, 0.05) is 6.21 Å². The lowest BCUT2D eigenvalue weighted by Crippen LogP contribution is -2.36. The highest BCUT2D eigenvalue weighted by molar-refractivity contribution is 5.76. The van der Waals surface area contributed by atoms with Crippen molar-refractivity contribution in [3.05, 3.63) is 24.3 Å². The number of nitrogens with zero attached hydrogens (tertiary/aromatic N) is 1. The summed E-state index contributed by atoms with van der Waals surface area (Å²) in [5.74, 6) is -0.987. The highest BCUT2D eigenvalue weighted by Gasteiger charge is 2.35. The molecule has 0 fully saturated rings. The molecule has 124 valence electrons. The van der Waals surface area contributed by atoms with Crippen LogP contribution in [0.15, 0.2) is 29.3 Å². The van der Waals surface area contributed by atoms with E-state index in [9.17, 15) is 15.0 Å². The third-order valence-electron chi connectivity index (χ3n) is 4.11. The predicted octanol–water partition coefficient (Wildman–Crippen LogP) is 3.61. The van der Waals surface area contributed by atoms with E-state index in [1.165, 1.54) is 0 Å². The van der Waals surface area contributed by atoms with Crippen LogP contribution >= 0.6 is 0 Å². The van der Waals surface area contributed by atoms with E-state index >= 15 is 0 Å². The van der Waals surface area contributed by atoms with Crippen molar-refractivity contribution in [3.8, 4) is 0 Å². The fourth-order valence-corrected chi connectivity index (χ4v) is 2.61. The summed E-state index contributed by atoms with van der Waals surface area (Å²) in [6.45, 7) is 7.66. The molecule has 0 aliphatic heterocycles. The number of rotatable bonds is 8. The van der Waals surface area contributed by atoms with Crippen LogP contribution in [-0.4, -0.2) is 33.5 Å². The molecular weight excluding hydrogens is 278 g/mol. The van der Waals surface area contributed by atoms with Crippen molar-refractivity contribution < 1.29 is 15.0 Å². The van der Waals surface area contributed by atoms with Crippen molar-refractivity contribution >= 4 is 12.2 Å². The second-order valence-corrected chi connectivity index (χ2v) is 7.14. The molecule has 0 spiro atoms. The zero-order chi connectivity index (χ0) is 16.8. The van der Waals surface area contributed by atoms with Crippen LogP contribution in [-0.2, 0) is 4.79 Å². The second-order valence-electron chi connectivity index (χ2n) is 7.14. The molecule has 0 saturated heterocycles. The minimum Gasteiger partial charge on any atom is -0.481 e. The lowest BCUT2D eigenvalue weighted by Gasteiger charge is -2.28. The summed E-state index contributed by atoms with van der Waals surface area (Å²) < 4.78 is 0. The zero-order valence-electron chi connectivity index (χ0n) is 14.1. The summed E-state index contributed by atoms with van der Waals surface area (Å²) in [6.07, 6.45) is 12.6. The minimum absolute atomic E-state index is 0.473. The molecule has 0 aromatic rings. The molecule has 3 unspecified atom stereocenters.